The molecule has 0 saturated heterocycles. The number of nitrogens with one attached hydrogen (secondary N) is 1. The van der Waals surface area contributed by atoms with Gasteiger partial charge in [-0.15, -0.1) is 0 Å². The molecule has 0 saturated carbocycles. The Kier molecular flexibility index (Phi) is 4.70. The molecule has 2 rings (SSSR count). The summed E-state index contributed by atoms with van der Waals surface area (Å²) in [5.41, 5.74) is 1.23. The van der Waals surface area contributed by atoms with Gasteiger partial charge in [0.15, 0.2) is 0 Å². The van der Waals surface area contributed by atoms with E-state index in [1.165, 1.54) is 12.1 Å². The van der Waals surface area contributed by atoms with Gasteiger partial charge in [-0.25, -0.2) is 0 Å². The first-order valence-electron chi connectivity index (χ1n) is 5.59. The molecule has 0 atom stereocenters. The molecule has 7 heteroatoms. The number of rotatable bonds is 4. The first kappa shape index (κ1) is 14.9. The highest BCUT2D eigenvalue weighted by molar-refractivity contribution is 6.42. The van der Waals surface area contributed by atoms with Crippen LogP contribution in [0.5, 0.6) is 0 Å². The summed E-state index contributed by atoms with van der Waals surface area (Å²) in [6, 6.07) is 9.48. The van der Waals surface area contributed by atoms with Crippen molar-refractivity contribution in [2.45, 2.75) is 6.54 Å². The number of hydrogen-bond acceptors (Lipinski definition) is 3. The van der Waals surface area contributed by atoms with E-state index in [4.69, 9.17) is 34.8 Å². The Balaban J connectivity index is 2.20. The average molecular weight is 332 g/mol. The van der Waals surface area contributed by atoms with E-state index in [1.807, 2.05) is 0 Å². The van der Waals surface area contributed by atoms with Gasteiger partial charge in [-0.1, -0.05) is 34.8 Å². The molecular weight excluding hydrogens is 323 g/mol. The summed E-state index contributed by atoms with van der Waals surface area (Å²) in [7, 11) is 0. The molecule has 0 spiro atoms. The van der Waals surface area contributed by atoms with Gasteiger partial charge in [0.2, 0.25) is 0 Å². The van der Waals surface area contributed by atoms with Crippen molar-refractivity contribution in [2.24, 2.45) is 0 Å². The minimum Gasteiger partial charge on any atom is -0.381 e. The van der Waals surface area contributed by atoms with Gasteiger partial charge in [0.05, 0.1) is 20.5 Å². The predicted octanol–water partition coefficient (Wildman–Crippen LogP) is 5.17. The van der Waals surface area contributed by atoms with Gasteiger partial charge < -0.3 is 5.32 Å². The van der Waals surface area contributed by atoms with Gasteiger partial charge in [-0.2, -0.15) is 0 Å². The number of hydrogen-bond donors (Lipinski definition) is 1. The van der Waals surface area contributed by atoms with Gasteiger partial charge in [-0.05, 0) is 30.3 Å². The lowest BCUT2D eigenvalue weighted by atomic mass is 10.1. The summed E-state index contributed by atoms with van der Waals surface area (Å²) >= 11 is 17.6. The van der Waals surface area contributed by atoms with Crippen molar-refractivity contribution in [3.63, 3.8) is 0 Å². The minimum atomic E-state index is -0.442. The van der Waals surface area contributed by atoms with E-state index >= 15 is 0 Å². The maximum atomic E-state index is 10.9. The Morgan fingerprint density at radius 2 is 1.80 bits per heavy atom. The van der Waals surface area contributed by atoms with Crippen molar-refractivity contribution >= 4 is 46.2 Å². The smallest absolute Gasteiger partial charge is 0.274 e. The lowest BCUT2D eigenvalue weighted by molar-refractivity contribution is -0.385. The van der Waals surface area contributed by atoms with Crippen LogP contribution >= 0.6 is 34.8 Å². The number of nitrogens with zero attached hydrogens (tertiary/aromatic N) is 1. The molecule has 2 aromatic carbocycles. The number of nitro benzene ring substituents is 1. The molecule has 104 valence electrons. The fourth-order valence-electron chi connectivity index (χ4n) is 1.68. The Hall–Kier alpha value is -1.49. The van der Waals surface area contributed by atoms with Crippen LogP contribution in [0, 0.1) is 10.1 Å². The van der Waals surface area contributed by atoms with Crippen molar-refractivity contribution < 1.29 is 4.92 Å². The number of halogens is 3. The van der Waals surface area contributed by atoms with E-state index in [1.54, 1.807) is 24.3 Å². The molecular formula is C13H9Cl3N2O2. The van der Waals surface area contributed by atoms with Crippen LogP contribution in [0.25, 0.3) is 0 Å². The maximum absolute atomic E-state index is 10.9. The molecule has 2 aromatic rings. The minimum absolute atomic E-state index is 0.0157. The summed E-state index contributed by atoms with van der Waals surface area (Å²) in [5, 5.41) is 15.3. The summed E-state index contributed by atoms with van der Waals surface area (Å²) in [6.45, 7) is 0.259. The third-order valence-electron chi connectivity index (χ3n) is 2.64. The zero-order valence-corrected chi connectivity index (χ0v) is 12.3. The molecule has 1 N–H and O–H groups in total. The van der Waals surface area contributed by atoms with E-state index in [0.717, 1.165) is 0 Å². The molecule has 0 unspecified atom stereocenters. The van der Waals surface area contributed by atoms with Gasteiger partial charge in [0, 0.05) is 23.3 Å². The topological polar surface area (TPSA) is 55.2 Å². The van der Waals surface area contributed by atoms with E-state index < -0.39 is 4.92 Å². The molecule has 0 aromatic heterocycles. The standard InChI is InChI=1S/C13H9Cl3N2O2/c14-9-1-4-13(18(19)20)8(5-9)7-17-10-2-3-11(15)12(16)6-10/h1-6,17H,7H2. The lowest BCUT2D eigenvalue weighted by Gasteiger charge is -2.08. The highest BCUT2D eigenvalue weighted by Gasteiger charge is 2.13. The number of anilines is 1. The van der Waals surface area contributed by atoms with Crippen molar-refractivity contribution in [1.29, 1.82) is 0 Å². The zero-order chi connectivity index (χ0) is 14.7. The van der Waals surface area contributed by atoms with Crippen LogP contribution in [0.3, 0.4) is 0 Å². The number of nitro groups is 1. The summed E-state index contributed by atoms with van der Waals surface area (Å²) in [5.74, 6) is 0. The molecule has 20 heavy (non-hydrogen) atoms. The second-order valence-electron chi connectivity index (χ2n) is 4.01. The van der Waals surface area contributed by atoms with Crippen LogP contribution in [0.15, 0.2) is 36.4 Å². The number of benzene rings is 2. The van der Waals surface area contributed by atoms with Crippen LogP contribution in [-0.2, 0) is 6.54 Å². The SMILES string of the molecule is O=[N+]([O-])c1ccc(Cl)cc1CNc1ccc(Cl)c(Cl)c1. The second-order valence-corrected chi connectivity index (χ2v) is 5.26. The molecule has 0 aliphatic heterocycles. The van der Waals surface area contributed by atoms with Gasteiger partial charge >= 0.3 is 0 Å². The second kappa shape index (κ2) is 6.31. The highest BCUT2D eigenvalue weighted by Crippen LogP contribution is 2.27. The third kappa shape index (κ3) is 3.54. The van der Waals surface area contributed by atoms with Crippen LogP contribution < -0.4 is 5.32 Å². The van der Waals surface area contributed by atoms with Gasteiger partial charge in [0.1, 0.15) is 0 Å². The first-order chi connectivity index (χ1) is 9.47. The Morgan fingerprint density at radius 3 is 2.45 bits per heavy atom. The van der Waals surface area contributed by atoms with E-state index in [0.29, 0.717) is 26.3 Å². The van der Waals surface area contributed by atoms with Crippen molar-refractivity contribution in [3.05, 3.63) is 67.1 Å². The monoisotopic (exact) mass is 330 g/mol. The molecule has 0 aliphatic rings. The Bertz CT molecular complexity index is 662. The largest absolute Gasteiger partial charge is 0.381 e. The van der Waals surface area contributed by atoms with E-state index in [9.17, 15) is 10.1 Å². The summed E-state index contributed by atoms with van der Waals surface area (Å²) < 4.78 is 0. The first-order valence-corrected chi connectivity index (χ1v) is 6.72. The molecule has 0 radical (unpaired) electrons. The summed E-state index contributed by atoms with van der Waals surface area (Å²) in [4.78, 5) is 10.5. The quantitative estimate of drug-likeness (QED) is 0.621. The van der Waals surface area contributed by atoms with Crippen molar-refractivity contribution in [2.75, 3.05) is 5.32 Å². The fraction of sp³-hybridized carbons (Fsp3) is 0.0769. The van der Waals surface area contributed by atoms with Crippen LogP contribution in [0.2, 0.25) is 15.1 Å². The molecule has 0 amide bonds. The highest BCUT2D eigenvalue weighted by atomic mass is 35.5. The predicted molar refractivity (Wildman–Crippen MR) is 81.9 cm³/mol. The van der Waals surface area contributed by atoms with E-state index in [2.05, 4.69) is 5.32 Å². The molecule has 0 heterocycles. The van der Waals surface area contributed by atoms with Crippen molar-refractivity contribution in [1.82, 2.24) is 0 Å². The normalized spacial score (nSPS) is 10.3. The molecule has 4 nitrogen and oxygen atoms in total. The third-order valence-corrected chi connectivity index (χ3v) is 3.61. The van der Waals surface area contributed by atoms with Gasteiger partial charge in [-0.3, -0.25) is 10.1 Å². The molecule has 0 bridgehead atoms. The van der Waals surface area contributed by atoms with Gasteiger partial charge in [0.25, 0.3) is 5.69 Å². The van der Waals surface area contributed by atoms with Crippen LogP contribution in [0.4, 0.5) is 11.4 Å². The maximum Gasteiger partial charge on any atom is 0.274 e. The van der Waals surface area contributed by atoms with Crippen LogP contribution in [0.1, 0.15) is 5.56 Å². The average Bonchev–Trinajstić information content (AvgIpc) is 2.40. The Morgan fingerprint density at radius 1 is 1.05 bits per heavy atom. The fourth-order valence-corrected chi connectivity index (χ4v) is 2.17. The lowest BCUT2D eigenvalue weighted by Crippen LogP contribution is -2.03. The summed E-state index contributed by atoms with van der Waals surface area (Å²) in [6.07, 6.45) is 0. The molecule has 0 fully saturated rings. The molecule has 0 aliphatic carbocycles. The van der Waals surface area contributed by atoms with E-state index in [-0.39, 0.29) is 12.2 Å². The van der Waals surface area contributed by atoms with Crippen LogP contribution in [-0.4, -0.2) is 4.92 Å². The zero-order valence-electron chi connectivity index (χ0n) is 10.1. The van der Waals surface area contributed by atoms with Crippen molar-refractivity contribution in [3.8, 4) is 0 Å². The Labute approximate surface area is 130 Å².